The minimum atomic E-state index is -2.31. The fourth-order valence-electron chi connectivity index (χ4n) is 1.34. The molecule has 0 atom stereocenters. The second-order valence-corrected chi connectivity index (χ2v) is 7.63. The Kier molecular flexibility index (Phi) is 9.23. The summed E-state index contributed by atoms with van der Waals surface area (Å²) in [7, 11) is 0. The summed E-state index contributed by atoms with van der Waals surface area (Å²) in [6.07, 6.45) is 1.98. The van der Waals surface area contributed by atoms with E-state index in [1.807, 2.05) is 55.4 Å². The molecule has 0 aromatic heterocycles. The third-order valence-electron chi connectivity index (χ3n) is 2.05. The van der Waals surface area contributed by atoms with Crippen molar-refractivity contribution in [2.45, 2.75) is 79.6 Å². The zero-order chi connectivity index (χ0) is 16.6. The van der Waals surface area contributed by atoms with E-state index in [9.17, 15) is 4.79 Å². The lowest BCUT2D eigenvalue weighted by atomic mass is 10.2. The maximum atomic E-state index is 11.8. The highest BCUT2D eigenvalue weighted by Crippen LogP contribution is 2.13. The third kappa shape index (κ3) is 11.8. The first-order valence-electron chi connectivity index (χ1n) is 7.44. The molecule has 0 unspecified atom stereocenters. The lowest BCUT2D eigenvalue weighted by Gasteiger charge is -2.21. The number of allylic oxidation sites excluding steroid dienone is 1. The van der Waals surface area contributed by atoms with E-state index in [4.69, 9.17) is 16.1 Å². The molecule has 5 nitrogen and oxygen atoms in total. The van der Waals surface area contributed by atoms with E-state index in [0.29, 0.717) is 12.2 Å². The van der Waals surface area contributed by atoms with Crippen LogP contribution in [-0.4, -0.2) is 38.9 Å². The molecule has 0 aliphatic rings. The molecule has 0 rings (SSSR count). The van der Waals surface area contributed by atoms with Gasteiger partial charge in [-0.2, -0.15) is 0 Å². The van der Waals surface area contributed by atoms with Crippen molar-refractivity contribution in [3.63, 3.8) is 0 Å². The monoisotopic (exact) mass is 316 g/mol. The number of rotatable bonds is 8. The molecule has 0 heterocycles. The van der Waals surface area contributed by atoms with E-state index in [2.05, 4.69) is 0 Å². The highest BCUT2D eigenvalue weighted by atomic mass is 27.3. The van der Waals surface area contributed by atoms with Gasteiger partial charge in [0.1, 0.15) is 5.60 Å². The molecule has 21 heavy (non-hydrogen) atoms. The second kappa shape index (κ2) is 9.47. The number of hydrogen-bond acceptors (Lipinski definition) is 5. The largest absolute Gasteiger partial charge is 1.00 e. The summed E-state index contributed by atoms with van der Waals surface area (Å²) in [5.41, 5.74) is -0.522. The van der Waals surface area contributed by atoms with Crippen molar-refractivity contribution in [2.75, 3.05) is 0 Å². The molecule has 122 valence electrons. The maximum Gasteiger partial charge on any atom is 1.00 e. The normalized spacial score (nSPS) is 12.8. The van der Waals surface area contributed by atoms with Gasteiger partial charge >= 0.3 is 21.1 Å². The summed E-state index contributed by atoms with van der Waals surface area (Å²) in [5, 5.41) is 0. The van der Waals surface area contributed by atoms with Crippen LogP contribution < -0.4 is 0 Å². The van der Waals surface area contributed by atoms with Crippen LogP contribution in [0.1, 0.15) is 61.8 Å². The van der Waals surface area contributed by atoms with Crippen LogP contribution in [0.5, 0.6) is 0 Å². The Bertz CT molecular complexity index is 334. The van der Waals surface area contributed by atoms with Crippen molar-refractivity contribution in [1.82, 2.24) is 0 Å². The number of carbonyl (C=O) groups is 1. The molecule has 0 fully saturated rings. The van der Waals surface area contributed by atoms with Gasteiger partial charge in [0.25, 0.3) is 0 Å². The van der Waals surface area contributed by atoms with Crippen LogP contribution in [0.3, 0.4) is 0 Å². The van der Waals surface area contributed by atoms with Gasteiger partial charge in [0.2, 0.25) is 0 Å². The number of esters is 1. The molecule has 0 aliphatic heterocycles. The van der Waals surface area contributed by atoms with Crippen molar-refractivity contribution in [1.29, 1.82) is 0 Å². The van der Waals surface area contributed by atoms with Crippen LogP contribution >= 0.6 is 0 Å². The Balaban J connectivity index is 4.78. The third-order valence-corrected chi connectivity index (χ3v) is 4.08. The van der Waals surface area contributed by atoms with E-state index < -0.39 is 26.7 Å². The summed E-state index contributed by atoms with van der Waals surface area (Å²) in [5.74, 6) is 0.114. The molecule has 0 amide bonds. The molecular formula is C15H29AlO5. The Hall–Kier alpha value is -0.538. The maximum absolute atomic E-state index is 11.8. The van der Waals surface area contributed by atoms with E-state index in [-0.39, 0.29) is 12.2 Å². The molecule has 0 aromatic rings. The molecule has 0 N–H and O–H groups in total. The zero-order valence-electron chi connectivity index (χ0n) is 14.6. The molecule has 0 bridgehead atoms. The SMILES string of the molecule is CC/C(=C/C(=O)OC(C)(C)C)[O][Al]([O]C(C)C)[O]C(C)C. The van der Waals surface area contributed by atoms with E-state index in [1.54, 1.807) is 0 Å². The molecule has 0 radical (unpaired) electrons. The molecule has 6 heteroatoms. The summed E-state index contributed by atoms with van der Waals surface area (Å²) >= 11 is -2.31. The topological polar surface area (TPSA) is 54.0 Å². The minimum absolute atomic E-state index is 0.0139. The highest BCUT2D eigenvalue weighted by Gasteiger charge is 2.38. The van der Waals surface area contributed by atoms with Crippen LogP contribution in [0.15, 0.2) is 11.8 Å². The molecule has 0 saturated carbocycles. The summed E-state index contributed by atoms with van der Waals surface area (Å²) < 4.78 is 22.4. The van der Waals surface area contributed by atoms with Crippen LogP contribution in [0.25, 0.3) is 0 Å². The molecule has 0 aromatic carbocycles. The Morgan fingerprint density at radius 3 is 1.90 bits per heavy atom. The highest BCUT2D eigenvalue weighted by molar-refractivity contribution is 6.37. The second-order valence-electron chi connectivity index (χ2n) is 6.27. The molecular weight excluding hydrogens is 287 g/mol. The van der Waals surface area contributed by atoms with Crippen molar-refractivity contribution >= 4 is 21.1 Å². The fourth-order valence-corrected chi connectivity index (χ4v) is 2.88. The van der Waals surface area contributed by atoms with E-state index >= 15 is 0 Å². The fraction of sp³-hybridized carbons (Fsp3) is 0.800. The van der Waals surface area contributed by atoms with Gasteiger partial charge in [-0.25, -0.2) is 4.79 Å². The first-order valence-corrected chi connectivity index (χ1v) is 8.86. The smallest absolute Gasteiger partial charge is 0.602 e. The average molecular weight is 316 g/mol. The minimum Gasteiger partial charge on any atom is -0.602 e. The predicted molar refractivity (Wildman–Crippen MR) is 83.5 cm³/mol. The zero-order valence-corrected chi connectivity index (χ0v) is 15.7. The van der Waals surface area contributed by atoms with Gasteiger partial charge < -0.3 is 16.1 Å². The first kappa shape index (κ1) is 20.5. The van der Waals surface area contributed by atoms with Gasteiger partial charge in [-0.1, -0.05) is 6.92 Å². The van der Waals surface area contributed by atoms with Gasteiger partial charge in [-0.15, -0.1) is 0 Å². The lowest BCUT2D eigenvalue weighted by molar-refractivity contribution is -0.148. The van der Waals surface area contributed by atoms with Crippen molar-refractivity contribution < 1.29 is 20.9 Å². The quantitative estimate of drug-likeness (QED) is 0.297. The molecule has 0 saturated heterocycles. The van der Waals surface area contributed by atoms with Gasteiger partial charge in [-0.3, -0.25) is 0 Å². The van der Waals surface area contributed by atoms with Crippen molar-refractivity contribution in [3.8, 4) is 0 Å². The lowest BCUT2D eigenvalue weighted by Crippen LogP contribution is -2.32. The van der Waals surface area contributed by atoms with E-state index in [1.165, 1.54) is 6.08 Å². The van der Waals surface area contributed by atoms with Gasteiger partial charge in [0, 0.05) is 12.2 Å². The van der Waals surface area contributed by atoms with Crippen LogP contribution in [0, 0.1) is 0 Å². The standard InChI is InChI=1S/C9H16O3.2C3H7O.Al/c1-5-7(10)6-8(11)12-9(2,3)4;2*1-3(2)4;/h6,10H,5H2,1-4H3;2*3H,1-2H3;/q;2*-1;+3/p-1/b7-6-;;;. The summed E-state index contributed by atoms with van der Waals surface area (Å²) in [4.78, 5) is 11.8. The Morgan fingerprint density at radius 2 is 1.57 bits per heavy atom. The number of hydrogen-bond donors (Lipinski definition) is 0. The van der Waals surface area contributed by atoms with Crippen LogP contribution in [0.2, 0.25) is 0 Å². The van der Waals surface area contributed by atoms with Crippen LogP contribution in [-0.2, 0) is 20.9 Å². The van der Waals surface area contributed by atoms with Gasteiger partial charge in [0.05, 0.1) is 11.8 Å². The summed E-state index contributed by atoms with van der Waals surface area (Å²) in [6, 6.07) is 0. The number of ether oxygens (including phenoxy) is 1. The molecule has 0 spiro atoms. The van der Waals surface area contributed by atoms with Gasteiger partial charge in [0.15, 0.2) is 0 Å². The Morgan fingerprint density at radius 1 is 1.10 bits per heavy atom. The van der Waals surface area contributed by atoms with Crippen molar-refractivity contribution in [3.05, 3.63) is 11.8 Å². The summed E-state index contributed by atoms with van der Waals surface area (Å²) in [6.45, 7) is 15.1. The predicted octanol–water partition coefficient (Wildman–Crippen LogP) is 3.47. The van der Waals surface area contributed by atoms with E-state index in [0.717, 1.165) is 0 Å². The first-order chi connectivity index (χ1) is 9.53. The van der Waals surface area contributed by atoms with Crippen LogP contribution in [0.4, 0.5) is 0 Å². The average Bonchev–Trinajstić information content (AvgIpc) is 2.23. The molecule has 0 aliphatic carbocycles. The number of carbonyl (C=O) groups excluding carboxylic acids is 1. The van der Waals surface area contributed by atoms with Gasteiger partial charge in [-0.05, 0) is 54.9 Å². The van der Waals surface area contributed by atoms with Crippen molar-refractivity contribution in [2.24, 2.45) is 0 Å². The Labute approximate surface area is 134 Å².